The highest BCUT2D eigenvalue weighted by Gasteiger charge is 2.36. The fraction of sp³-hybridized carbons (Fsp3) is 0.591. The maximum absolute atomic E-state index is 13.5. The maximum Gasteiger partial charge on any atom is 0.260 e. The number of hydrogen-bond donors (Lipinski definition) is 0. The fourth-order valence-corrected chi connectivity index (χ4v) is 4.14. The van der Waals surface area contributed by atoms with E-state index in [0.29, 0.717) is 32.0 Å². The van der Waals surface area contributed by atoms with Crippen LogP contribution < -0.4 is 0 Å². The zero-order valence-electron chi connectivity index (χ0n) is 16.4. The second-order valence-electron chi connectivity index (χ2n) is 8.05. The van der Waals surface area contributed by atoms with Crippen molar-refractivity contribution in [2.75, 3.05) is 32.7 Å². The van der Waals surface area contributed by atoms with Gasteiger partial charge in [0.1, 0.15) is 0 Å². The Hall–Kier alpha value is -1.75. The normalized spacial score (nSPS) is 21.7. The summed E-state index contributed by atoms with van der Waals surface area (Å²) in [6.07, 6.45) is 6.75. The van der Waals surface area contributed by atoms with Gasteiger partial charge >= 0.3 is 0 Å². The van der Waals surface area contributed by atoms with Crippen molar-refractivity contribution < 1.29 is 13.6 Å². The second kappa shape index (κ2) is 8.51. The molecule has 2 aliphatic rings. The van der Waals surface area contributed by atoms with Gasteiger partial charge in [0, 0.05) is 19.5 Å². The minimum atomic E-state index is -2.65. The largest absolute Gasteiger partial charge is 0.342 e. The summed E-state index contributed by atoms with van der Waals surface area (Å²) < 4.78 is 27.0. The first-order valence-corrected chi connectivity index (χ1v) is 9.96. The number of benzene rings is 1. The van der Waals surface area contributed by atoms with Crippen molar-refractivity contribution in [2.45, 2.75) is 45.5 Å². The van der Waals surface area contributed by atoms with E-state index in [4.69, 9.17) is 0 Å². The van der Waals surface area contributed by atoms with E-state index in [2.05, 4.69) is 44.2 Å². The number of likely N-dealkylation sites (tertiary alicyclic amines) is 2. The van der Waals surface area contributed by atoms with Crippen LogP contribution in [0.2, 0.25) is 0 Å². The number of carbonyl (C=O) groups excluding carboxylic acids is 1. The molecule has 0 radical (unpaired) electrons. The van der Waals surface area contributed by atoms with E-state index in [-0.39, 0.29) is 25.4 Å². The maximum atomic E-state index is 13.5. The molecule has 3 rings (SSSR count). The summed E-state index contributed by atoms with van der Waals surface area (Å²) in [6, 6.07) is 6.32. The zero-order valence-corrected chi connectivity index (χ0v) is 16.4. The Bertz CT molecular complexity index is 673. The van der Waals surface area contributed by atoms with Crippen molar-refractivity contribution in [3.8, 4) is 0 Å². The predicted molar refractivity (Wildman–Crippen MR) is 105 cm³/mol. The summed E-state index contributed by atoms with van der Waals surface area (Å²) in [6.45, 7) is 6.11. The molecule has 3 nitrogen and oxygen atoms in total. The molecule has 0 N–H and O–H groups in total. The zero-order chi connectivity index (χ0) is 19.4. The molecule has 0 atom stereocenters. The van der Waals surface area contributed by atoms with Crippen LogP contribution in [-0.2, 0) is 4.79 Å². The Morgan fingerprint density at radius 1 is 1.19 bits per heavy atom. The number of rotatable bonds is 4. The van der Waals surface area contributed by atoms with Crippen molar-refractivity contribution >= 4 is 12.0 Å². The number of nitrogens with zero attached hydrogens (tertiary/aromatic N) is 2. The van der Waals surface area contributed by atoms with Crippen LogP contribution in [0.15, 0.2) is 24.3 Å². The number of allylic oxidation sites excluding steroid dienone is 1. The molecule has 2 saturated heterocycles. The van der Waals surface area contributed by atoms with Gasteiger partial charge in [-0.1, -0.05) is 30.4 Å². The Morgan fingerprint density at radius 3 is 2.48 bits per heavy atom. The molecule has 1 aromatic carbocycles. The average molecular weight is 376 g/mol. The third-order valence-corrected chi connectivity index (χ3v) is 5.80. The molecule has 0 aromatic heterocycles. The highest BCUT2D eigenvalue weighted by atomic mass is 19.3. The van der Waals surface area contributed by atoms with E-state index < -0.39 is 5.92 Å². The van der Waals surface area contributed by atoms with Crippen molar-refractivity contribution in [1.29, 1.82) is 0 Å². The monoisotopic (exact) mass is 376 g/mol. The molecule has 2 aliphatic heterocycles. The number of halogens is 2. The SMILES string of the molecule is Cc1cccc(C)c1/C=C/C1CCN(C(=O)CN2CCCC(F)(F)C2)CC1. The number of piperidine rings is 2. The molecule has 2 fully saturated rings. The molecule has 0 bridgehead atoms. The molecule has 27 heavy (non-hydrogen) atoms. The lowest BCUT2D eigenvalue weighted by Crippen LogP contribution is -2.49. The molecule has 148 valence electrons. The fourth-order valence-electron chi connectivity index (χ4n) is 4.14. The molecule has 0 aliphatic carbocycles. The lowest BCUT2D eigenvalue weighted by molar-refractivity contribution is -0.136. The first-order valence-electron chi connectivity index (χ1n) is 9.96. The summed E-state index contributed by atoms with van der Waals surface area (Å²) in [5, 5.41) is 0. The third-order valence-electron chi connectivity index (χ3n) is 5.80. The molecule has 1 aromatic rings. The number of aryl methyl sites for hydroxylation is 2. The second-order valence-corrected chi connectivity index (χ2v) is 8.05. The lowest BCUT2D eigenvalue weighted by Gasteiger charge is -2.35. The molecule has 0 saturated carbocycles. The van der Waals surface area contributed by atoms with E-state index in [0.717, 1.165) is 12.8 Å². The first kappa shape index (κ1) is 20.0. The Kier molecular flexibility index (Phi) is 6.30. The van der Waals surface area contributed by atoms with E-state index in [1.54, 1.807) is 4.90 Å². The van der Waals surface area contributed by atoms with Crippen LogP contribution in [0.5, 0.6) is 0 Å². The van der Waals surface area contributed by atoms with Crippen LogP contribution in [0.25, 0.3) is 6.08 Å². The summed E-state index contributed by atoms with van der Waals surface area (Å²) in [4.78, 5) is 15.9. The minimum absolute atomic E-state index is 0.00937. The smallest absolute Gasteiger partial charge is 0.260 e. The minimum Gasteiger partial charge on any atom is -0.342 e. The van der Waals surface area contributed by atoms with Crippen LogP contribution in [-0.4, -0.2) is 54.4 Å². The summed E-state index contributed by atoms with van der Waals surface area (Å²) in [7, 11) is 0. The van der Waals surface area contributed by atoms with Gasteiger partial charge in [-0.05, 0) is 62.3 Å². The number of alkyl halides is 2. The lowest BCUT2D eigenvalue weighted by atomic mass is 9.94. The third kappa shape index (κ3) is 5.38. The quantitative estimate of drug-likeness (QED) is 0.783. The van der Waals surface area contributed by atoms with E-state index in [1.807, 2.05) is 4.90 Å². The summed E-state index contributed by atoms with van der Waals surface area (Å²) in [5.74, 6) is -2.19. The highest BCUT2D eigenvalue weighted by Crippen LogP contribution is 2.27. The van der Waals surface area contributed by atoms with Gasteiger partial charge in [0.05, 0.1) is 13.1 Å². The van der Waals surface area contributed by atoms with E-state index in [9.17, 15) is 13.6 Å². The van der Waals surface area contributed by atoms with Crippen molar-refractivity contribution in [2.24, 2.45) is 5.92 Å². The van der Waals surface area contributed by atoms with Crippen LogP contribution in [0, 0.1) is 19.8 Å². The van der Waals surface area contributed by atoms with Gasteiger partial charge < -0.3 is 4.90 Å². The van der Waals surface area contributed by atoms with Gasteiger partial charge in [0.15, 0.2) is 0 Å². The average Bonchev–Trinajstić information content (AvgIpc) is 2.61. The van der Waals surface area contributed by atoms with E-state index in [1.165, 1.54) is 16.7 Å². The molecular formula is C22H30F2N2O. The standard InChI is InChI=1S/C22H30F2N2O/c1-17-5-3-6-18(2)20(17)8-7-19-9-13-26(14-10-19)21(27)15-25-12-4-11-22(23,24)16-25/h3,5-8,19H,4,9-16H2,1-2H3/b8-7+. The van der Waals surface area contributed by atoms with Crippen LogP contribution in [0.3, 0.4) is 0 Å². The van der Waals surface area contributed by atoms with Crippen molar-refractivity contribution in [1.82, 2.24) is 9.80 Å². The van der Waals surface area contributed by atoms with Gasteiger partial charge in [0.2, 0.25) is 5.91 Å². The van der Waals surface area contributed by atoms with Crippen molar-refractivity contribution in [3.63, 3.8) is 0 Å². The van der Waals surface area contributed by atoms with Gasteiger partial charge in [-0.15, -0.1) is 0 Å². The number of hydrogen-bond acceptors (Lipinski definition) is 2. The van der Waals surface area contributed by atoms with Crippen LogP contribution in [0.1, 0.15) is 42.4 Å². The topological polar surface area (TPSA) is 23.6 Å². The highest BCUT2D eigenvalue weighted by molar-refractivity contribution is 5.78. The Labute approximate surface area is 161 Å². The molecule has 0 unspecified atom stereocenters. The molecule has 0 spiro atoms. The van der Waals surface area contributed by atoms with Crippen LogP contribution >= 0.6 is 0 Å². The first-order chi connectivity index (χ1) is 12.8. The van der Waals surface area contributed by atoms with Gasteiger partial charge in [-0.3, -0.25) is 9.69 Å². The Balaban J connectivity index is 1.48. The summed E-state index contributed by atoms with van der Waals surface area (Å²) in [5.41, 5.74) is 3.83. The van der Waals surface area contributed by atoms with Crippen molar-refractivity contribution in [3.05, 3.63) is 41.0 Å². The van der Waals surface area contributed by atoms with Gasteiger partial charge in [0.25, 0.3) is 5.92 Å². The van der Waals surface area contributed by atoms with Gasteiger partial charge in [-0.2, -0.15) is 0 Å². The molecule has 2 heterocycles. The van der Waals surface area contributed by atoms with Crippen LogP contribution in [0.4, 0.5) is 8.78 Å². The molecular weight excluding hydrogens is 346 g/mol. The number of amides is 1. The summed E-state index contributed by atoms with van der Waals surface area (Å²) >= 11 is 0. The predicted octanol–water partition coefficient (Wildman–Crippen LogP) is 4.29. The number of carbonyl (C=O) groups is 1. The van der Waals surface area contributed by atoms with Gasteiger partial charge in [-0.25, -0.2) is 8.78 Å². The molecule has 1 amide bonds. The Morgan fingerprint density at radius 2 is 1.85 bits per heavy atom. The molecule has 5 heteroatoms. The van der Waals surface area contributed by atoms with E-state index >= 15 is 0 Å².